The van der Waals surface area contributed by atoms with Crippen LogP contribution in [0, 0.1) is 0 Å². The summed E-state index contributed by atoms with van der Waals surface area (Å²) in [5.41, 5.74) is 0. The molecule has 0 aromatic rings. The van der Waals surface area contributed by atoms with E-state index in [-0.39, 0.29) is 17.4 Å². The van der Waals surface area contributed by atoms with Crippen molar-refractivity contribution in [3.8, 4) is 0 Å². The predicted molar refractivity (Wildman–Crippen MR) is 65.8 cm³/mol. The van der Waals surface area contributed by atoms with E-state index in [0.29, 0.717) is 6.54 Å². The van der Waals surface area contributed by atoms with Crippen LogP contribution in [0.2, 0.25) is 0 Å². The van der Waals surface area contributed by atoms with Gasteiger partial charge in [0, 0.05) is 6.54 Å². The number of nitrogens with one attached hydrogen (secondary N) is 1. The minimum absolute atomic E-state index is 0.0198. The molecule has 0 saturated heterocycles. The summed E-state index contributed by atoms with van der Waals surface area (Å²) in [6.45, 7) is 1.68. The SMILES string of the molecule is CN(C)CCCCNC(=O)CSCC(=O)O. The van der Waals surface area contributed by atoms with Gasteiger partial charge in [0.1, 0.15) is 0 Å². The van der Waals surface area contributed by atoms with E-state index >= 15 is 0 Å². The van der Waals surface area contributed by atoms with E-state index < -0.39 is 5.97 Å². The van der Waals surface area contributed by atoms with E-state index in [0.717, 1.165) is 31.1 Å². The molecule has 0 rings (SSSR count). The number of carboxylic acid groups (broad SMARTS) is 1. The maximum Gasteiger partial charge on any atom is 0.313 e. The Morgan fingerprint density at radius 2 is 1.94 bits per heavy atom. The molecule has 2 N–H and O–H groups in total. The highest BCUT2D eigenvalue weighted by Crippen LogP contribution is 1.98. The largest absolute Gasteiger partial charge is 0.481 e. The quantitative estimate of drug-likeness (QED) is 0.573. The van der Waals surface area contributed by atoms with Gasteiger partial charge in [0.15, 0.2) is 0 Å². The molecule has 1 amide bonds. The molecule has 0 unspecified atom stereocenters. The number of rotatable bonds is 9. The Bertz CT molecular complexity index is 222. The van der Waals surface area contributed by atoms with Gasteiger partial charge in [-0.05, 0) is 33.5 Å². The summed E-state index contributed by atoms with van der Waals surface area (Å²) in [5, 5.41) is 11.1. The summed E-state index contributed by atoms with van der Waals surface area (Å²) in [4.78, 5) is 23.5. The summed E-state index contributed by atoms with van der Waals surface area (Å²) >= 11 is 1.12. The van der Waals surface area contributed by atoms with Crippen molar-refractivity contribution in [1.82, 2.24) is 10.2 Å². The minimum atomic E-state index is -0.885. The molecule has 0 atom stereocenters. The van der Waals surface area contributed by atoms with Crippen LogP contribution in [0.25, 0.3) is 0 Å². The predicted octanol–water partition coefficient (Wildman–Crippen LogP) is 0.262. The Morgan fingerprint density at radius 3 is 2.50 bits per heavy atom. The van der Waals surface area contributed by atoms with Crippen LogP contribution in [0.4, 0.5) is 0 Å². The third-order valence-electron chi connectivity index (χ3n) is 1.81. The number of thioether (sulfide) groups is 1. The molecule has 0 aliphatic rings. The van der Waals surface area contributed by atoms with E-state index in [9.17, 15) is 9.59 Å². The Labute approximate surface area is 101 Å². The molecule has 94 valence electrons. The molecular formula is C10H20N2O3S. The second-order valence-electron chi connectivity index (χ2n) is 3.75. The van der Waals surface area contributed by atoms with Gasteiger partial charge in [-0.3, -0.25) is 9.59 Å². The first kappa shape index (κ1) is 15.2. The summed E-state index contributed by atoms with van der Waals surface area (Å²) in [6, 6.07) is 0. The van der Waals surface area contributed by atoms with E-state index in [1.165, 1.54) is 0 Å². The van der Waals surface area contributed by atoms with Crippen LogP contribution in [0.15, 0.2) is 0 Å². The minimum Gasteiger partial charge on any atom is -0.481 e. The zero-order valence-corrected chi connectivity index (χ0v) is 10.7. The van der Waals surface area contributed by atoms with Crippen LogP contribution in [-0.2, 0) is 9.59 Å². The van der Waals surface area contributed by atoms with Crippen molar-refractivity contribution >= 4 is 23.6 Å². The van der Waals surface area contributed by atoms with Crippen molar-refractivity contribution in [3.63, 3.8) is 0 Å². The van der Waals surface area contributed by atoms with Crippen molar-refractivity contribution < 1.29 is 14.7 Å². The van der Waals surface area contributed by atoms with E-state index in [1.807, 2.05) is 14.1 Å². The third kappa shape index (κ3) is 11.3. The molecule has 6 heteroatoms. The summed E-state index contributed by atoms with van der Waals surface area (Å²) in [5.74, 6) is -0.770. The maximum absolute atomic E-state index is 11.2. The lowest BCUT2D eigenvalue weighted by Gasteiger charge is -2.09. The molecule has 0 aliphatic carbocycles. The Kier molecular flexibility index (Phi) is 9.03. The lowest BCUT2D eigenvalue weighted by Crippen LogP contribution is -2.27. The van der Waals surface area contributed by atoms with Gasteiger partial charge in [0.2, 0.25) is 5.91 Å². The summed E-state index contributed by atoms with van der Waals surface area (Å²) < 4.78 is 0. The molecule has 5 nitrogen and oxygen atoms in total. The average Bonchev–Trinajstić information content (AvgIpc) is 2.16. The molecule has 0 saturated carbocycles. The highest BCUT2D eigenvalue weighted by atomic mass is 32.2. The zero-order valence-electron chi connectivity index (χ0n) is 9.86. The van der Waals surface area contributed by atoms with Gasteiger partial charge < -0.3 is 15.3 Å². The van der Waals surface area contributed by atoms with Crippen LogP contribution < -0.4 is 5.32 Å². The van der Waals surface area contributed by atoms with E-state index in [4.69, 9.17) is 5.11 Å². The number of carboxylic acids is 1. The topological polar surface area (TPSA) is 69.6 Å². The molecule has 0 spiro atoms. The fraction of sp³-hybridized carbons (Fsp3) is 0.800. The number of amides is 1. The van der Waals surface area contributed by atoms with Crippen LogP contribution in [-0.4, -0.2) is 60.6 Å². The van der Waals surface area contributed by atoms with Crippen LogP contribution in [0.5, 0.6) is 0 Å². The van der Waals surface area contributed by atoms with Gasteiger partial charge in [0.25, 0.3) is 0 Å². The smallest absolute Gasteiger partial charge is 0.313 e. The molecule has 0 bridgehead atoms. The number of unbranched alkanes of at least 4 members (excludes halogenated alkanes) is 1. The van der Waals surface area contributed by atoms with Crippen LogP contribution in [0.1, 0.15) is 12.8 Å². The molecular weight excluding hydrogens is 228 g/mol. The number of carbonyl (C=O) groups is 2. The monoisotopic (exact) mass is 248 g/mol. The standard InChI is InChI=1S/C10H20N2O3S/c1-12(2)6-4-3-5-11-9(13)7-16-8-10(14)15/h3-8H2,1-2H3,(H,11,13)(H,14,15). The molecule has 0 heterocycles. The Morgan fingerprint density at radius 1 is 1.25 bits per heavy atom. The van der Waals surface area contributed by atoms with Crippen molar-refractivity contribution in [2.24, 2.45) is 0 Å². The van der Waals surface area contributed by atoms with Gasteiger partial charge in [-0.2, -0.15) is 0 Å². The first-order chi connectivity index (χ1) is 7.52. The number of hydrogen-bond acceptors (Lipinski definition) is 4. The maximum atomic E-state index is 11.2. The van der Waals surface area contributed by atoms with Crippen molar-refractivity contribution in [1.29, 1.82) is 0 Å². The molecule has 0 radical (unpaired) electrons. The molecule has 0 aromatic carbocycles. The lowest BCUT2D eigenvalue weighted by atomic mass is 10.3. The Hall–Kier alpha value is -0.750. The molecule has 0 fully saturated rings. The number of nitrogens with zero attached hydrogens (tertiary/aromatic N) is 1. The third-order valence-corrected chi connectivity index (χ3v) is 2.73. The Balaban J connectivity index is 3.27. The second kappa shape index (κ2) is 9.47. The van der Waals surface area contributed by atoms with E-state index in [2.05, 4.69) is 10.2 Å². The van der Waals surface area contributed by atoms with Crippen LogP contribution in [0.3, 0.4) is 0 Å². The van der Waals surface area contributed by atoms with Gasteiger partial charge >= 0.3 is 5.97 Å². The first-order valence-electron chi connectivity index (χ1n) is 5.23. The van der Waals surface area contributed by atoms with Crippen molar-refractivity contribution in [3.05, 3.63) is 0 Å². The molecule has 16 heavy (non-hydrogen) atoms. The van der Waals surface area contributed by atoms with Gasteiger partial charge in [0.05, 0.1) is 11.5 Å². The van der Waals surface area contributed by atoms with Crippen molar-refractivity contribution in [2.45, 2.75) is 12.8 Å². The number of hydrogen-bond donors (Lipinski definition) is 2. The fourth-order valence-corrected chi connectivity index (χ4v) is 1.63. The zero-order chi connectivity index (χ0) is 12.4. The highest BCUT2D eigenvalue weighted by molar-refractivity contribution is 8.00. The average molecular weight is 248 g/mol. The molecule has 0 aliphatic heterocycles. The fourth-order valence-electron chi connectivity index (χ4n) is 1.06. The van der Waals surface area contributed by atoms with Gasteiger partial charge in [-0.25, -0.2) is 0 Å². The van der Waals surface area contributed by atoms with Gasteiger partial charge in [-0.1, -0.05) is 0 Å². The number of carbonyl (C=O) groups excluding carboxylic acids is 1. The first-order valence-corrected chi connectivity index (χ1v) is 6.39. The van der Waals surface area contributed by atoms with Crippen LogP contribution >= 0.6 is 11.8 Å². The summed E-state index contributed by atoms with van der Waals surface area (Å²) in [6.07, 6.45) is 2.00. The van der Waals surface area contributed by atoms with E-state index in [1.54, 1.807) is 0 Å². The summed E-state index contributed by atoms with van der Waals surface area (Å²) in [7, 11) is 4.03. The number of aliphatic carboxylic acids is 1. The molecule has 0 aromatic heterocycles. The second-order valence-corrected chi connectivity index (χ2v) is 4.73. The van der Waals surface area contributed by atoms with Gasteiger partial charge in [-0.15, -0.1) is 11.8 Å². The van der Waals surface area contributed by atoms with Crippen molar-refractivity contribution in [2.75, 3.05) is 38.7 Å². The lowest BCUT2D eigenvalue weighted by molar-refractivity contribution is -0.133. The highest BCUT2D eigenvalue weighted by Gasteiger charge is 2.03. The normalized spacial score (nSPS) is 10.4.